The Kier molecular flexibility index (Phi) is 2.32. The quantitative estimate of drug-likeness (QED) is 0.751. The van der Waals surface area contributed by atoms with Crippen molar-refractivity contribution in [3.8, 4) is 11.3 Å². The summed E-state index contributed by atoms with van der Waals surface area (Å²) in [5.41, 5.74) is 3.52. The van der Waals surface area contributed by atoms with E-state index in [1.54, 1.807) is 0 Å². The molecular formula is C14H13NO2. The zero-order chi connectivity index (χ0) is 11.8. The molecule has 0 saturated carbocycles. The van der Waals surface area contributed by atoms with E-state index in [0.29, 0.717) is 17.7 Å². The molecule has 1 heterocycles. The molecule has 0 spiro atoms. The van der Waals surface area contributed by atoms with E-state index in [0.717, 1.165) is 29.7 Å². The van der Waals surface area contributed by atoms with Gasteiger partial charge in [-0.3, -0.25) is 4.79 Å². The lowest BCUT2D eigenvalue weighted by molar-refractivity contribution is 0.0969. The molecule has 2 aromatic rings. The predicted octanol–water partition coefficient (Wildman–Crippen LogP) is 3.17. The highest BCUT2D eigenvalue weighted by Crippen LogP contribution is 2.32. The Morgan fingerprint density at radius 3 is 2.88 bits per heavy atom. The highest BCUT2D eigenvalue weighted by molar-refractivity contribution is 6.03. The molecular weight excluding hydrogens is 214 g/mol. The lowest BCUT2D eigenvalue weighted by Crippen LogP contribution is -2.09. The Labute approximate surface area is 99.4 Å². The van der Waals surface area contributed by atoms with Crippen molar-refractivity contribution in [3.63, 3.8) is 0 Å². The molecule has 0 bridgehead atoms. The van der Waals surface area contributed by atoms with Gasteiger partial charge in [-0.05, 0) is 18.9 Å². The van der Waals surface area contributed by atoms with E-state index >= 15 is 0 Å². The summed E-state index contributed by atoms with van der Waals surface area (Å²) in [5, 5.41) is 4.08. The molecule has 1 aliphatic carbocycles. The molecule has 0 unspecified atom stereocenters. The van der Waals surface area contributed by atoms with Gasteiger partial charge in [0.1, 0.15) is 11.5 Å². The first-order valence-electron chi connectivity index (χ1n) is 5.85. The van der Waals surface area contributed by atoms with Gasteiger partial charge in [0.05, 0.1) is 5.56 Å². The molecule has 0 saturated heterocycles. The van der Waals surface area contributed by atoms with Gasteiger partial charge in [-0.2, -0.15) is 0 Å². The summed E-state index contributed by atoms with van der Waals surface area (Å²) in [7, 11) is 0. The van der Waals surface area contributed by atoms with Gasteiger partial charge in [0.2, 0.25) is 0 Å². The summed E-state index contributed by atoms with van der Waals surface area (Å²) in [6.45, 7) is 2.02. The van der Waals surface area contributed by atoms with E-state index in [1.807, 2.05) is 31.2 Å². The molecule has 17 heavy (non-hydrogen) atoms. The minimum Gasteiger partial charge on any atom is -0.360 e. The smallest absolute Gasteiger partial charge is 0.168 e. The summed E-state index contributed by atoms with van der Waals surface area (Å²) < 4.78 is 5.30. The van der Waals surface area contributed by atoms with Crippen LogP contribution < -0.4 is 0 Å². The monoisotopic (exact) mass is 227 g/mol. The van der Waals surface area contributed by atoms with Crippen LogP contribution in [0.1, 0.15) is 34.5 Å². The van der Waals surface area contributed by atoms with Gasteiger partial charge in [-0.15, -0.1) is 0 Å². The normalized spacial score (nSPS) is 14.8. The van der Waals surface area contributed by atoms with Crippen molar-refractivity contribution >= 4 is 5.78 Å². The zero-order valence-electron chi connectivity index (χ0n) is 9.69. The van der Waals surface area contributed by atoms with Gasteiger partial charge in [0.25, 0.3) is 0 Å². The number of benzene rings is 1. The Morgan fingerprint density at radius 2 is 2.06 bits per heavy atom. The van der Waals surface area contributed by atoms with E-state index in [9.17, 15) is 4.79 Å². The van der Waals surface area contributed by atoms with Crippen LogP contribution in [-0.2, 0) is 6.42 Å². The van der Waals surface area contributed by atoms with Crippen molar-refractivity contribution in [1.29, 1.82) is 0 Å². The number of rotatable bonds is 1. The number of fused-ring (bicyclic) bond motifs is 1. The molecule has 0 atom stereocenters. The first kappa shape index (κ1) is 10.3. The summed E-state index contributed by atoms with van der Waals surface area (Å²) in [6.07, 6.45) is 2.29. The fourth-order valence-electron chi connectivity index (χ4n) is 2.34. The van der Waals surface area contributed by atoms with Gasteiger partial charge in [-0.25, -0.2) is 0 Å². The number of hydrogen-bond donors (Lipinski definition) is 0. The van der Waals surface area contributed by atoms with Gasteiger partial charge in [0.15, 0.2) is 5.78 Å². The summed E-state index contributed by atoms with van der Waals surface area (Å²) in [6, 6.07) is 7.93. The maximum atomic E-state index is 12.0. The minimum absolute atomic E-state index is 0.158. The molecule has 0 radical (unpaired) electrons. The Balaban J connectivity index is 2.20. The molecule has 1 aliphatic rings. The van der Waals surface area contributed by atoms with Crippen molar-refractivity contribution in [2.24, 2.45) is 0 Å². The van der Waals surface area contributed by atoms with Crippen LogP contribution in [0.4, 0.5) is 0 Å². The van der Waals surface area contributed by atoms with Crippen LogP contribution in [0.15, 0.2) is 28.8 Å². The van der Waals surface area contributed by atoms with Crippen molar-refractivity contribution in [1.82, 2.24) is 5.16 Å². The topological polar surface area (TPSA) is 43.1 Å². The third-order valence-electron chi connectivity index (χ3n) is 3.25. The first-order chi connectivity index (χ1) is 8.27. The van der Waals surface area contributed by atoms with E-state index in [-0.39, 0.29) is 5.78 Å². The third kappa shape index (κ3) is 1.58. The zero-order valence-corrected chi connectivity index (χ0v) is 9.69. The average Bonchev–Trinajstić information content (AvgIpc) is 2.75. The van der Waals surface area contributed by atoms with Crippen LogP contribution in [0.3, 0.4) is 0 Å². The minimum atomic E-state index is 0.158. The van der Waals surface area contributed by atoms with E-state index in [1.165, 1.54) is 0 Å². The predicted molar refractivity (Wildman–Crippen MR) is 63.9 cm³/mol. The maximum Gasteiger partial charge on any atom is 0.168 e. The molecule has 86 valence electrons. The van der Waals surface area contributed by atoms with E-state index in [2.05, 4.69) is 5.16 Å². The molecule has 1 aromatic heterocycles. The van der Waals surface area contributed by atoms with Crippen LogP contribution in [0, 0.1) is 6.92 Å². The van der Waals surface area contributed by atoms with Crippen LogP contribution in [0.2, 0.25) is 0 Å². The molecule has 3 heteroatoms. The van der Waals surface area contributed by atoms with Crippen molar-refractivity contribution in [2.75, 3.05) is 0 Å². The van der Waals surface area contributed by atoms with Crippen molar-refractivity contribution in [2.45, 2.75) is 26.2 Å². The highest BCUT2D eigenvalue weighted by atomic mass is 16.5. The van der Waals surface area contributed by atoms with Gasteiger partial charge >= 0.3 is 0 Å². The number of hydrogen-bond acceptors (Lipinski definition) is 3. The molecule has 3 rings (SSSR count). The molecule has 0 aliphatic heterocycles. The van der Waals surface area contributed by atoms with Crippen LogP contribution in [0.5, 0.6) is 0 Å². The van der Waals surface area contributed by atoms with E-state index in [4.69, 9.17) is 4.52 Å². The van der Waals surface area contributed by atoms with Crippen LogP contribution in [-0.4, -0.2) is 10.9 Å². The van der Waals surface area contributed by atoms with Gasteiger partial charge < -0.3 is 4.52 Å². The highest BCUT2D eigenvalue weighted by Gasteiger charge is 2.27. The van der Waals surface area contributed by atoms with Crippen LogP contribution in [0.25, 0.3) is 11.3 Å². The molecule has 1 aromatic carbocycles. The Morgan fingerprint density at radius 1 is 1.24 bits per heavy atom. The summed E-state index contributed by atoms with van der Waals surface area (Å²) in [5.74, 6) is 0.908. The number of carbonyl (C=O) groups is 1. The number of Topliss-reactive ketones (excluding diaryl/α,β-unsaturated/α-hetero) is 1. The van der Waals surface area contributed by atoms with Gasteiger partial charge in [0, 0.05) is 18.4 Å². The number of aromatic nitrogens is 1. The second-order valence-corrected chi connectivity index (χ2v) is 4.42. The maximum absolute atomic E-state index is 12.0. The molecule has 0 N–H and O–H groups in total. The second kappa shape index (κ2) is 3.84. The Hall–Kier alpha value is -1.90. The molecule has 0 fully saturated rings. The van der Waals surface area contributed by atoms with Crippen molar-refractivity contribution in [3.05, 3.63) is 41.2 Å². The average molecular weight is 227 g/mol. The second-order valence-electron chi connectivity index (χ2n) is 4.42. The number of carbonyl (C=O) groups excluding carboxylic acids is 1. The molecule has 0 amide bonds. The van der Waals surface area contributed by atoms with Crippen LogP contribution >= 0.6 is 0 Å². The molecule has 3 nitrogen and oxygen atoms in total. The Bertz CT molecular complexity index is 584. The van der Waals surface area contributed by atoms with Crippen molar-refractivity contribution < 1.29 is 9.32 Å². The fourth-order valence-corrected chi connectivity index (χ4v) is 2.34. The fraction of sp³-hybridized carbons (Fsp3) is 0.286. The van der Waals surface area contributed by atoms with Gasteiger partial charge in [-0.1, -0.05) is 29.4 Å². The standard InChI is InChI=1S/C14H13NO2/c1-9-5-2-3-6-10(9)14-13-11(16)7-4-8-12(13)17-15-14/h2-3,5-6H,4,7-8H2,1H3. The number of aryl methyl sites for hydroxylation is 2. The number of ketones is 1. The lowest BCUT2D eigenvalue weighted by Gasteiger charge is -2.09. The largest absolute Gasteiger partial charge is 0.360 e. The summed E-state index contributed by atoms with van der Waals surface area (Å²) in [4.78, 5) is 12.0. The summed E-state index contributed by atoms with van der Waals surface area (Å²) >= 11 is 0. The third-order valence-corrected chi connectivity index (χ3v) is 3.25. The van der Waals surface area contributed by atoms with E-state index < -0.39 is 0 Å². The lowest BCUT2D eigenvalue weighted by atomic mass is 9.92. The first-order valence-corrected chi connectivity index (χ1v) is 5.85. The SMILES string of the molecule is Cc1ccccc1-c1noc2c1C(=O)CCC2. The number of nitrogens with zero attached hydrogens (tertiary/aromatic N) is 1.